The molecule has 1 atom stereocenters. The molecular weight excluding hydrogens is 172 g/mol. The van der Waals surface area contributed by atoms with E-state index in [-0.39, 0.29) is 6.04 Å². The molecule has 0 amide bonds. The maximum atomic E-state index is 6.98. The minimum Gasteiger partial charge on any atom is -0.351 e. The second kappa shape index (κ2) is 3.19. The predicted octanol–water partition coefficient (Wildman–Crippen LogP) is 3.16. The van der Waals surface area contributed by atoms with E-state index in [1.807, 2.05) is 26.2 Å². The molecule has 2 heteroatoms. The molecule has 1 heterocycles. The van der Waals surface area contributed by atoms with Crippen molar-refractivity contribution in [1.29, 1.82) is 0 Å². The van der Waals surface area contributed by atoms with Gasteiger partial charge in [-0.15, -0.1) is 0 Å². The van der Waals surface area contributed by atoms with Crippen LogP contribution in [0.3, 0.4) is 0 Å². The van der Waals surface area contributed by atoms with Crippen LogP contribution in [0.15, 0.2) is 30.5 Å². The van der Waals surface area contributed by atoms with Crippen LogP contribution in [0.25, 0.3) is 15.7 Å². The summed E-state index contributed by atoms with van der Waals surface area (Å²) in [6.07, 6.45) is 2.04. The molecule has 1 aromatic carbocycles. The van der Waals surface area contributed by atoms with Gasteiger partial charge in [-0.3, -0.25) is 0 Å². The van der Waals surface area contributed by atoms with Crippen LogP contribution in [-0.4, -0.2) is 4.57 Å². The molecule has 0 aliphatic heterocycles. The van der Waals surface area contributed by atoms with Gasteiger partial charge >= 0.3 is 0 Å². The van der Waals surface area contributed by atoms with Crippen LogP contribution in [0.5, 0.6) is 0 Å². The van der Waals surface area contributed by atoms with Crippen molar-refractivity contribution in [3.05, 3.63) is 47.4 Å². The smallest absolute Gasteiger partial charge is 0.246 e. The lowest BCUT2D eigenvalue weighted by molar-refractivity contribution is 0.955. The van der Waals surface area contributed by atoms with E-state index in [2.05, 4.69) is 27.6 Å². The number of nitrogens with zero attached hydrogens (tertiary/aromatic N) is 2. The molecular formula is C12H12N2. The van der Waals surface area contributed by atoms with E-state index in [4.69, 9.17) is 6.57 Å². The zero-order valence-corrected chi connectivity index (χ0v) is 8.36. The van der Waals surface area contributed by atoms with Gasteiger partial charge < -0.3 is 9.41 Å². The van der Waals surface area contributed by atoms with Crippen LogP contribution in [0, 0.1) is 6.57 Å². The van der Waals surface area contributed by atoms with Crippen LogP contribution in [-0.2, 0) is 7.05 Å². The van der Waals surface area contributed by atoms with E-state index >= 15 is 0 Å². The van der Waals surface area contributed by atoms with Crippen molar-refractivity contribution >= 4 is 10.9 Å². The summed E-state index contributed by atoms with van der Waals surface area (Å²) in [6, 6.07) is 8.24. The van der Waals surface area contributed by atoms with Crippen molar-refractivity contribution in [2.75, 3.05) is 0 Å². The van der Waals surface area contributed by atoms with Crippen molar-refractivity contribution in [1.82, 2.24) is 4.57 Å². The first-order chi connectivity index (χ1) is 6.72. The number of rotatable bonds is 1. The lowest BCUT2D eigenvalue weighted by Crippen LogP contribution is -1.88. The fourth-order valence-corrected chi connectivity index (χ4v) is 1.63. The Labute approximate surface area is 83.6 Å². The van der Waals surface area contributed by atoms with Gasteiger partial charge in [-0.2, -0.15) is 0 Å². The van der Waals surface area contributed by atoms with Crippen LogP contribution in [0.4, 0.5) is 0 Å². The number of hydrogen-bond acceptors (Lipinski definition) is 0. The number of hydrogen-bond donors (Lipinski definition) is 0. The van der Waals surface area contributed by atoms with Gasteiger partial charge in [0.1, 0.15) is 0 Å². The highest BCUT2D eigenvalue weighted by molar-refractivity contribution is 5.80. The molecule has 1 aromatic heterocycles. The van der Waals surface area contributed by atoms with E-state index < -0.39 is 0 Å². The van der Waals surface area contributed by atoms with Crippen LogP contribution < -0.4 is 0 Å². The van der Waals surface area contributed by atoms with Gasteiger partial charge in [-0.05, 0) is 24.3 Å². The van der Waals surface area contributed by atoms with E-state index in [9.17, 15) is 0 Å². The maximum Gasteiger partial charge on any atom is 0.246 e. The molecule has 2 aromatic rings. The van der Waals surface area contributed by atoms with Gasteiger partial charge in [0, 0.05) is 36.6 Å². The minimum atomic E-state index is -0.0420. The Morgan fingerprint density at radius 3 is 2.86 bits per heavy atom. The highest BCUT2D eigenvalue weighted by Gasteiger charge is 2.09. The summed E-state index contributed by atoms with van der Waals surface area (Å²) in [7, 11) is 2.03. The van der Waals surface area contributed by atoms with E-state index in [1.54, 1.807) is 0 Å². The quantitative estimate of drug-likeness (QED) is 0.602. The molecule has 0 aliphatic rings. The lowest BCUT2D eigenvalue weighted by Gasteiger charge is -2.00. The molecule has 0 aliphatic carbocycles. The minimum absolute atomic E-state index is 0.0420. The monoisotopic (exact) mass is 184 g/mol. The first-order valence-electron chi connectivity index (χ1n) is 4.64. The normalized spacial score (nSPS) is 12.6. The van der Waals surface area contributed by atoms with Crippen molar-refractivity contribution < 1.29 is 0 Å². The third kappa shape index (κ3) is 1.27. The third-order valence-electron chi connectivity index (χ3n) is 2.59. The molecule has 0 bridgehead atoms. The second-order valence-electron chi connectivity index (χ2n) is 3.55. The summed E-state index contributed by atoms with van der Waals surface area (Å²) in [4.78, 5) is 3.52. The largest absolute Gasteiger partial charge is 0.351 e. The van der Waals surface area contributed by atoms with Gasteiger partial charge in [0.25, 0.3) is 0 Å². The topological polar surface area (TPSA) is 9.29 Å². The molecule has 0 spiro atoms. The third-order valence-corrected chi connectivity index (χ3v) is 2.59. The summed E-state index contributed by atoms with van der Waals surface area (Å²) >= 11 is 0. The molecule has 2 rings (SSSR count). The van der Waals surface area contributed by atoms with E-state index in [0.717, 1.165) is 5.56 Å². The van der Waals surface area contributed by atoms with E-state index in [1.165, 1.54) is 10.9 Å². The van der Waals surface area contributed by atoms with Crippen molar-refractivity contribution in [2.45, 2.75) is 13.0 Å². The summed E-state index contributed by atoms with van der Waals surface area (Å²) in [5.41, 5.74) is 2.31. The zero-order valence-electron chi connectivity index (χ0n) is 8.36. The van der Waals surface area contributed by atoms with Crippen LogP contribution in [0.1, 0.15) is 18.5 Å². The molecule has 70 valence electrons. The SMILES string of the molecule is [C-]#[N+]C(C)c1ccc2c(ccn2C)c1. The second-order valence-corrected chi connectivity index (χ2v) is 3.55. The molecule has 1 unspecified atom stereocenters. The average molecular weight is 184 g/mol. The Balaban J connectivity index is 2.58. The maximum absolute atomic E-state index is 6.98. The van der Waals surface area contributed by atoms with Gasteiger partial charge in [0.2, 0.25) is 6.04 Å². The molecule has 0 radical (unpaired) electrons. The number of aryl methyl sites for hydroxylation is 1. The summed E-state index contributed by atoms with van der Waals surface area (Å²) in [5.74, 6) is 0. The van der Waals surface area contributed by atoms with Gasteiger partial charge in [0.15, 0.2) is 0 Å². The average Bonchev–Trinajstić information content (AvgIpc) is 2.59. The number of benzene rings is 1. The van der Waals surface area contributed by atoms with E-state index in [0.29, 0.717) is 0 Å². The first-order valence-corrected chi connectivity index (χ1v) is 4.64. The fourth-order valence-electron chi connectivity index (χ4n) is 1.63. The van der Waals surface area contributed by atoms with Gasteiger partial charge in [0.05, 0.1) is 0 Å². The molecule has 2 nitrogen and oxygen atoms in total. The Bertz CT molecular complexity index is 503. The molecule has 14 heavy (non-hydrogen) atoms. The zero-order chi connectivity index (χ0) is 10.1. The first kappa shape index (κ1) is 8.83. The molecule has 0 saturated heterocycles. The highest BCUT2D eigenvalue weighted by atomic mass is 14.9. The summed E-state index contributed by atoms with van der Waals surface area (Å²) in [6.45, 7) is 8.91. The van der Waals surface area contributed by atoms with Gasteiger partial charge in [-0.1, -0.05) is 0 Å². The Hall–Kier alpha value is -1.75. The lowest BCUT2D eigenvalue weighted by atomic mass is 10.1. The number of aromatic nitrogens is 1. The summed E-state index contributed by atoms with van der Waals surface area (Å²) in [5, 5.41) is 1.21. The summed E-state index contributed by atoms with van der Waals surface area (Å²) < 4.78 is 2.08. The molecule has 0 N–H and O–H groups in total. The van der Waals surface area contributed by atoms with Crippen molar-refractivity contribution in [3.63, 3.8) is 0 Å². The Morgan fingerprint density at radius 1 is 1.36 bits per heavy atom. The van der Waals surface area contributed by atoms with Crippen molar-refractivity contribution in [3.8, 4) is 0 Å². The standard InChI is InChI=1S/C12H12N2/c1-9(13-2)10-4-5-12-11(8-10)6-7-14(12)3/h4-9H,1,3H3. The highest BCUT2D eigenvalue weighted by Crippen LogP contribution is 2.22. The predicted molar refractivity (Wildman–Crippen MR) is 57.9 cm³/mol. The number of fused-ring (bicyclic) bond motifs is 1. The van der Waals surface area contributed by atoms with Crippen LogP contribution >= 0.6 is 0 Å². The Morgan fingerprint density at radius 2 is 2.14 bits per heavy atom. The van der Waals surface area contributed by atoms with Crippen LogP contribution in [0.2, 0.25) is 0 Å². The van der Waals surface area contributed by atoms with Crippen molar-refractivity contribution in [2.24, 2.45) is 7.05 Å². The molecule has 0 fully saturated rings. The molecule has 0 saturated carbocycles. The Kier molecular flexibility index (Phi) is 2.01. The van der Waals surface area contributed by atoms with Gasteiger partial charge in [-0.25, -0.2) is 6.57 Å². The fraction of sp³-hybridized carbons (Fsp3) is 0.250.